The van der Waals surface area contributed by atoms with Crippen molar-refractivity contribution in [1.29, 1.82) is 0 Å². The van der Waals surface area contributed by atoms with Crippen LogP contribution < -0.4 is 5.32 Å². The number of ether oxygens (including phenoxy) is 1. The topological polar surface area (TPSA) is 144 Å². The molecule has 43 heavy (non-hydrogen) atoms. The van der Waals surface area contributed by atoms with E-state index in [1.54, 1.807) is 34.1 Å². The number of aromatic nitrogens is 7. The largest absolute Gasteiger partial charge is 0.465 e. The monoisotopic (exact) mass is 575 g/mol. The number of hydrogen-bond acceptors (Lipinski definition) is 9. The highest BCUT2D eigenvalue weighted by atomic mass is 16.5. The molecule has 0 atom stereocenters. The lowest BCUT2D eigenvalue weighted by Crippen LogP contribution is -2.38. The molecule has 0 radical (unpaired) electrons. The molecule has 0 saturated carbocycles. The molecule has 7 rings (SSSR count). The van der Waals surface area contributed by atoms with Crippen LogP contribution in [-0.2, 0) is 41.9 Å². The van der Waals surface area contributed by atoms with Crippen LogP contribution in [0, 0.1) is 0 Å². The number of nitrogens with one attached hydrogen (secondary N) is 2. The van der Waals surface area contributed by atoms with E-state index in [9.17, 15) is 9.59 Å². The summed E-state index contributed by atoms with van der Waals surface area (Å²) in [6, 6.07) is 15.7. The van der Waals surface area contributed by atoms with Crippen molar-refractivity contribution in [2.75, 3.05) is 19.0 Å². The summed E-state index contributed by atoms with van der Waals surface area (Å²) in [5.74, 6) is 0.0793. The van der Waals surface area contributed by atoms with Gasteiger partial charge in [-0.15, -0.1) is 5.10 Å². The Kier molecular flexibility index (Phi) is 6.85. The van der Waals surface area contributed by atoms with Gasteiger partial charge in [-0.3, -0.25) is 14.6 Å². The van der Waals surface area contributed by atoms with E-state index in [0.29, 0.717) is 36.7 Å². The number of methoxy groups -OCH3 is 1. The predicted octanol–water partition coefficient (Wildman–Crippen LogP) is 3.08. The number of aromatic amines is 1. The Morgan fingerprint density at radius 3 is 2.49 bits per heavy atom. The summed E-state index contributed by atoms with van der Waals surface area (Å²) in [6.45, 7) is 1.05. The smallest absolute Gasteiger partial charge is 0.337 e. The van der Waals surface area contributed by atoms with Gasteiger partial charge >= 0.3 is 5.97 Å². The molecule has 0 unspecified atom stereocenters. The molecule has 1 aliphatic heterocycles. The number of fused-ring (bicyclic) bond motifs is 2. The normalized spacial score (nSPS) is 14.3. The summed E-state index contributed by atoms with van der Waals surface area (Å²) >= 11 is 0. The minimum absolute atomic E-state index is 0.0587. The first kappa shape index (κ1) is 26.5. The second kappa shape index (κ2) is 11.1. The second-order valence-electron chi connectivity index (χ2n) is 10.8. The molecule has 12 heteroatoms. The number of carbonyl (C=O) groups is 2. The van der Waals surface area contributed by atoms with E-state index in [1.165, 1.54) is 18.2 Å². The van der Waals surface area contributed by atoms with Crippen LogP contribution in [0.25, 0.3) is 22.4 Å². The summed E-state index contributed by atoms with van der Waals surface area (Å²) in [7, 11) is 1.35. The molecule has 1 aliphatic carbocycles. The number of H-pyrrole nitrogens is 1. The summed E-state index contributed by atoms with van der Waals surface area (Å²) in [5.41, 5.74) is 7.87. The van der Waals surface area contributed by atoms with Gasteiger partial charge in [-0.1, -0.05) is 41.6 Å². The van der Waals surface area contributed by atoms with Crippen LogP contribution in [0.2, 0.25) is 0 Å². The van der Waals surface area contributed by atoms with Gasteiger partial charge < -0.3 is 15.0 Å². The highest BCUT2D eigenvalue weighted by Gasteiger charge is 2.25. The Bertz CT molecular complexity index is 1770. The fourth-order valence-corrected chi connectivity index (χ4v) is 5.75. The first-order valence-electron chi connectivity index (χ1n) is 14.1. The Labute approximate surface area is 247 Å². The van der Waals surface area contributed by atoms with E-state index in [2.05, 4.69) is 55.0 Å². The molecular weight excluding hydrogens is 546 g/mol. The standard InChI is InChI=1S/C31H29N9O3/c1-43-30(42)20-8-6-19(7-9-20)29-25(16-40(37-29)18-28(41)39-11-10-26-27(17-39)36-38-35-26)23-14-32-31(33-15-23)34-24-12-21-4-2-3-5-22(21)13-24/h2-9,14-16,24H,10-13,17-18H2,1H3,(H,32,33,34)(H,35,36,38). The van der Waals surface area contributed by atoms with E-state index in [4.69, 9.17) is 9.84 Å². The Morgan fingerprint density at radius 1 is 1.02 bits per heavy atom. The van der Waals surface area contributed by atoms with Gasteiger partial charge in [0.25, 0.3) is 0 Å². The maximum absolute atomic E-state index is 13.3. The highest BCUT2D eigenvalue weighted by Crippen LogP contribution is 2.31. The van der Waals surface area contributed by atoms with Crippen LogP contribution in [-0.4, -0.2) is 71.6 Å². The van der Waals surface area contributed by atoms with Crippen molar-refractivity contribution in [3.05, 3.63) is 95.2 Å². The van der Waals surface area contributed by atoms with Crippen molar-refractivity contribution in [2.24, 2.45) is 0 Å². The van der Waals surface area contributed by atoms with E-state index >= 15 is 0 Å². The Hall–Kier alpha value is -5.39. The quantitative estimate of drug-likeness (QED) is 0.280. The third-order valence-electron chi connectivity index (χ3n) is 8.01. The van der Waals surface area contributed by atoms with E-state index in [0.717, 1.165) is 40.9 Å². The maximum atomic E-state index is 13.3. The summed E-state index contributed by atoms with van der Waals surface area (Å²) in [5, 5.41) is 19.1. The van der Waals surface area contributed by atoms with Crippen LogP contribution in [0.15, 0.2) is 67.1 Å². The molecule has 2 N–H and O–H groups in total. The van der Waals surface area contributed by atoms with Crippen LogP contribution in [0.3, 0.4) is 0 Å². The van der Waals surface area contributed by atoms with Gasteiger partial charge in [0.1, 0.15) is 17.9 Å². The molecule has 1 amide bonds. The summed E-state index contributed by atoms with van der Waals surface area (Å²) in [4.78, 5) is 36.2. The van der Waals surface area contributed by atoms with Crippen LogP contribution >= 0.6 is 0 Å². The molecule has 5 aromatic rings. The first-order chi connectivity index (χ1) is 21.0. The number of rotatable bonds is 7. The third-order valence-corrected chi connectivity index (χ3v) is 8.01. The van der Waals surface area contributed by atoms with Gasteiger partial charge in [0.05, 0.1) is 24.9 Å². The Morgan fingerprint density at radius 2 is 1.77 bits per heavy atom. The molecule has 216 valence electrons. The minimum atomic E-state index is -0.415. The number of nitrogens with zero attached hydrogens (tertiary/aromatic N) is 7. The van der Waals surface area contributed by atoms with Crippen molar-refractivity contribution < 1.29 is 14.3 Å². The number of hydrogen-bond donors (Lipinski definition) is 2. The van der Waals surface area contributed by atoms with Crippen molar-refractivity contribution >= 4 is 17.8 Å². The second-order valence-corrected chi connectivity index (χ2v) is 10.8. The van der Waals surface area contributed by atoms with Crippen molar-refractivity contribution in [3.63, 3.8) is 0 Å². The fourth-order valence-electron chi connectivity index (χ4n) is 5.75. The molecule has 2 aliphatic rings. The van der Waals surface area contributed by atoms with Gasteiger partial charge in [-0.2, -0.15) is 5.10 Å². The number of carbonyl (C=O) groups excluding carboxylic acids is 2. The molecular formula is C31H29N9O3. The van der Waals surface area contributed by atoms with Crippen LogP contribution in [0.5, 0.6) is 0 Å². The SMILES string of the molecule is COC(=O)c1ccc(-c2nn(CC(=O)N3CCc4[nH]nnc4C3)cc2-c2cnc(NC3Cc4ccccc4C3)nc2)cc1. The van der Waals surface area contributed by atoms with Crippen molar-refractivity contribution in [2.45, 2.75) is 38.4 Å². The highest BCUT2D eigenvalue weighted by molar-refractivity contribution is 5.90. The van der Waals surface area contributed by atoms with Gasteiger partial charge in [0.15, 0.2) is 0 Å². The van der Waals surface area contributed by atoms with Crippen LogP contribution in [0.4, 0.5) is 5.95 Å². The zero-order valence-electron chi connectivity index (χ0n) is 23.5. The Balaban J connectivity index is 1.14. The molecule has 0 spiro atoms. The van der Waals surface area contributed by atoms with Crippen LogP contribution in [0.1, 0.15) is 32.9 Å². The number of benzene rings is 2. The maximum Gasteiger partial charge on any atom is 0.337 e. The number of anilines is 1. The van der Waals surface area contributed by atoms with Crippen molar-refractivity contribution in [3.8, 4) is 22.4 Å². The third kappa shape index (κ3) is 5.34. The minimum Gasteiger partial charge on any atom is -0.465 e. The lowest BCUT2D eigenvalue weighted by atomic mass is 10.0. The van der Waals surface area contributed by atoms with E-state index in [-0.39, 0.29) is 18.5 Å². The van der Waals surface area contributed by atoms with Gasteiger partial charge in [-0.25, -0.2) is 14.8 Å². The average Bonchev–Trinajstić information content (AvgIpc) is 3.79. The molecule has 2 aromatic carbocycles. The average molecular weight is 576 g/mol. The van der Waals surface area contributed by atoms with E-state index in [1.807, 2.05) is 18.3 Å². The molecule has 3 aromatic heterocycles. The molecule has 0 fully saturated rings. The zero-order valence-corrected chi connectivity index (χ0v) is 23.5. The van der Waals surface area contributed by atoms with Gasteiger partial charge in [0.2, 0.25) is 11.9 Å². The van der Waals surface area contributed by atoms with E-state index < -0.39 is 5.97 Å². The molecule has 0 bridgehead atoms. The van der Waals surface area contributed by atoms with Gasteiger partial charge in [0, 0.05) is 54.3 Å². The summed E-state index contributed by atoms with van der Waals surface area (Å²) < 4.78 is 6.48. The lowest BCUT2D eigenvalue weighted by Gasteiger charge is -2.25. The predicted molar refractivity (Wildman–Crippen MR) is 157 cm³/mol. The number of esters is 1. The summed E-state index contributed by atoms with van der Waals surface area (Å²) in [6.07, 6.45) is 7.92. The molecule has 4 heterocycles. The molecule has 12 nitrogen and oxygen atoms in total. The first-order valence-corrected chi connectivity index (χ1v) is 14.1. The number of amides is 1. The van der Waals surface area contributed by atoms with Crippen molar-refractivity contribution in [1.82, 2.24) is 40.1 Å². The zero-order chi connectivity index (χ0) is 29.3. The lowest BCUT2D eigenvalue weighted by molar-refractivity contribution is -0.133. The van der Waals surface area contributed by atoms with Gasteiger partial charge in [-0.05, 0) is 36.1 Å². The fraction of sp³-hybridized carbons (Fsp3) is 0.258. The molecule has 0 saturated heterocycles.